The number of amides is 1. The number of hydrogen-bond donors (Lipinski definition) is 2. The predicted molar refractivity (Wildman–Crippen MR) is 148 cm³/mol. The van der Waals surface area contributed by atoms with Crippen LogP contribution in [0.4, 0.5) is 5.82 Å². The minimum Gasteiger partial charge on any atom is -0.382 e. The van der Waals surface area contributed by atoms with Crippen molar-refractivity contribution >= 4 is 33.3 Å². The third-order valence-electron chi connectivity index (χ3n) is 5.37. The summed E-state index contributed by atoms with van der Waals surface area (Å²) in [5.41, 5.74) is 7.47. The van der Waals surface area contributed by atoms with Crippen LogP contribution in [0.25, 0.3) is 15.9 Å². The largest absolute Gasteiger partial charge is 0.382 e. The normalized spacial score (nSPS) is 11.2. The van der Waals surface area contributed by atoms with Gasteiger partial charge in [-0.1, -0.05) is 43.9 Å². The molecule has 0 aliphatic carbocycles. The minimum atomic E-state index is -0.650. The molecule has 0 radical (unpaired) electrons. The zero-order valence-corrected chi connectivity index (χ0v) is 22.2. The van der Waals surface area contributed by atoms with Crippen LogP contribution in [0.15, 0.2) is 65.3 Å². The molecule has 0 saturated heterocycles. The Morgan fingerprint density at radius 3 is 2.55 bits per heavy atom. The van der Waals surface area contributed by atoms with Crippen molar-refractivity contribution in [3.63, 3.8) is 0 Å². The second-order valence-electron chi connectivity index (χ2n) is 7.91. The lowest BCUT2D eigenvalue weighted by atomic mass is 10.2. The smallest absolute Gasteiger partial charge is 0.274 e. The van der Waals surface area contributed by atoms with Gasteiger partial charge in [-0.25, -0.2) is 15.0 Å². The van der Waals surface area contributed by atoms with Crippen molar-refractivity contribution in [1.29, 1.82) is 0 Å². The zero-order chi connectivity index (χ0) is 27.2. The maximum Gasteiger partial charge on any atom is 0.274 e. The number of nitrogens with zero attached hydrogens (tertiary/aromatic N) is 6. The molecule has 4 aromatic heterocycles. The van der Waals surface area contributed by atoms with Crippen molar-refractivity contribution < 1.29 is 4.79 Å². The maximum atomic E-state index is 13.9. The number of benzene rings is 1. The highest BCUT2D eigenvalue weighted by Crippen LogP contribution is 2.25. The van der Waals surface area contributed by atoms with Crippen LogP contribution in [0.5, 0.6) is 0 Å². The maximum absolute atomic E-state index is 13.9. The van der Waals surface area contributed by atoms with Gasteiger partial charge >= 0.3 is 0 Å². The first kappa shape index (κ1) is 26.2. The van der Waals surface area contributed by atoms with Gasteiger partial charge < -0.3 is 11.1 Å². The molecule has 1 unspecified atom stereocenters. The molecule has 10 nitrogen and oxygen atoms in total. The Balaban J connectivity index is 0.00000164. The van der Waals surface area contributed by atoms with Crippen LogP contribution >= 0.6 is 11.3 Å². The van der Waals surface area contributed by atoms with Gasteiger partial charge in [0.15, 0.2) is 11.5 Å². The fourth-order valence-corrected chi connectivity index (χ4v) is 4.56. The summed E-state index contributed by atoms with van der Waals surface area (Å²) in [6.07, 6.45) is 6.26. The highest BCUT2D eigenvalue weighted by Gasteiger charge is 2.23. The standard InChI is InChI=1S/C25H20N8O2S.C2H6/c1-15(30-23(34)20-21(26)28-11-10-27-20)22-31-24-19(25(35)33(22)18-6-4-3-5-7-18)17(14-36-24)9-8-16-12-29-32(2)13-16;1-2/h3-7,10-15H,1-2H3,(H2,26,28)(H,30,34);1-2H3. The van der Waals surface area contributed by atoms with E-state index in [0.717, 1.165) is 5.56 Å². The van der Waals surface area contributed by atoms with E-state index in [1.165, 1.54) is 28.3 Å². The summed E-state index contributed by atoms with van der Waals surface area (Å²) in [5.74, 6) is 5.99. The molecule has 192 valence electrons. The van der Waals surface area contributed by atoms with Gasteiger partial charge in [-0.2, -0.15) is 5.10 Å². The van der Waals surface area contributed by atoms with Gasteiger partial charge in [-0.3, -0.25) is 18.8 Å². The number of nitrogens with two attached hydrogens (primary N) is 1. The SMILES string of the molecule is CC.CC(NC(=O)c1nccnc1N)c1nc2scc(C#Cc3cnn(C)c3)c2c(=O)n1-c1ccccc1. The zero-order valence-electron chi connectivity index (χ0n) is 21.3. The molecule has 4 heterocycles. The fourth-order valence-electron chi connectivity index (χ4n) is 3.69. The molecule has 0 aliphatic heterocycles. The first-order chi connectivity index (χ1) is 18.4. The van der Waals surface area contributed by atoms with E-state index in [4.69, 9.17) is 10.7 Å². The van der Waals surface area contributed by atoms with E-state index in [0.29, 0.717) is 27.3 Å². The molecular weight excluding hydrogens is 500 g/mol. The summed E-state index contributed by atoms with van der Waals surface area (Å²) in [4.78, 5) is 39.9. The monoisotopic (exact) mass is 526 g/mol. The van der Waals surface area contributed by atoms with Crippen LogP contribution in [-0.2, 0) is 7.05 Å². The van der Waals surface area contributed by atoms with Crippen LogP contribution in [0, 0.1) is 11.8 Å². The Labute approximate surface area is 223 Å². The minimum absolute atomic E-state index is 0.00289. The third-order valence-corrected chi connectivity index (χ3v) is 6.24. The van der Waals surface area contributed by atoms with E-state index in [1.54, 1.807) is 36.1 Å². The van der Waals surface area contributed by atoms with E-state index >= 15 is 0 Å². The average Bonchev–Trinajstić information content (AvgIpc) is 3.54. The van der Waals surface area contributed by atoms with Gasteiger partial charge in [0.05, 0.1) is 34.4 Å². The molecule has 1 aromatic carbocycles. The number of nitrogen functional groups attached to an aromatic ring is 1. The third kappa shape index (κ3) is 5.30. The van der Waals surface area contributed by atoms with Crippen LogP contribution in [-0.4, -0.2) is 35.2 Å². The summed E-state index contributed by atoms with van der Waals surface area (Å²) in [7, 11) is 1.81. The number of fused-ring (bicyclic) bond motifs is 1. The van der Waals surface area contributed by atoms with E-state index in [1.807, 2.05) is 44.5 Å². The Bertz CT molecular complexity index is 1710. The van der Waals surface area contributed by atoms with Gasteiger partial charge in [0.2, 0.25) is 0 Å². The number of aryl methyl sites for hydroxylation is 1. The predicted octanol–water partition coefficient (Wildman–Crippen LogP) is 3.47. The number of anilines is 1. The molecule has 0 spiro atoms. The highest BCUT2D eigenvalue weighted by atomic mass is 32.1. The van der Waals surface area contributed by atoms with Crippen molar-refractivity contribution in [1.82, 2.24) is 34.6 Å². The van der Waals surface area contributed by atoms with Gasteiger partial charge in [-0.05, 0) is 19.1 Å². The molecule has 38 heavy (non-hydrogen) atoms. The molecule has 11 heteroatoms. The van der Waals surface area contributed by atoms with Crippen molar-refractivity contribution in [3.05, 3.63) is 93.5 Å². The van der Waals surface area contributed by atoms with Crippen LogP contribution in [0.3, 0.4) is 0 Å². The Morgan fingerprint density at radius 1 is 1.13 bits per heavy atom. The van der Waals surface area contributed by atoms with Gasteiger partial charge in [0, 0.05) is 31.0 Å². The van der Waals surface area contributed by atoms with Gasteiger partial charge in [0.25, 0.3) is 11.5 Å². The van der Waals surface area contributed by atoms with Crippen molar-refractivity contribution in [3.8, 4) is 17.5 Å². The topological polar surface area (TPSA) is 134 Å². The number of nitrogens with one attached hydrogen (secondary N) is 1. The average molecular weight is 527 g/mol. The summed E-state index contributed by atoms with van der Waals surface area (Å²) in [5, 5.41) is 9.18. The van der Waals surface area contributed by atoms with Crippen LogP contribution < -0.4 is 16.6 Å². The van der Waals surface area contributed by atoms with Crippen molar-refractivity contribution in [2.75, 3.05) is 5.73 Å². The summed E-state index contributed by atoms with van der Waals surface area (Å²) in [6.45, 7) is 5.74. The number of thiophene rings is 1. The Hall–Kier alpha value is -4.82. The number of rotatable bonds is 4. The van der Waals surface area contributed by atoms with E-state index < -0.39 is 11.9 Å². The molecule has 0 bridgehead atoms. The van der Waals surface area contributed by atoms with Crippen LogP contribution in [0.2, 0.25) is 0 Å². The molecule has 3 N–H and O–H groups in total. The first-order valence-corrected chi connectivity index (χ1v) is 12.8. The molecule has 5 aromatic rings. The lowest BCUT2D eigenvalue weighted by Crippen LogP contribution is -2.34. The van der Waals surface area contributed by atoms with E-state index in [2.05, 4.69) is 32.2 Å². The molecule has 1 atom stereocenters. The molecule has 5 rings (SSSR count). The quantitative estimate of drug-likeness (QED) is 0.343. The molecule has 0 aliphatic rings. The van der Waals surface area contributed by atoms with Gasteiger partial charge in [-0.15, -0.1) is 11.3 Å². The Morgan fingerprint density at radius 2 is 1.87 bits per heavy atom. The molecular formula is C27H26N8O2S. The number of carbonyl (C=O) groups excluding carboxylic acids is 1. The number of carbonyl (C=O) groups is 1. The molecule has 0 fully saturated rings. The lowest BCUT2D eigenvalue weighted by molar-refractivity contribution is 0.0933. The number of aromatic nitrogens is 6. The summed E-state index contributed by atoms with van der Waals surface area (Å²) in [6, 6.07) is 8.48. The van der Waals surface area contributed by atoms with Crippen molar-refractivity contribution in [2.45, 2.75) is 26.8 Å². The summed E-state index contributed by atoms with van der Waals surface area (Å²) >= 11 is 1.32. The fraction of sp³-hybridized carbons (Fsp3) is 0.185. The van der Waals surface area contributed by atoms with E-state index in [-0.39, 0.29) is 17.1 Å². The second-order valence-corrected chi connectivity index (χ2v) is 8.77. The van der Waals surface area contributed by atoms with E-state index in [9.17, 15) is 9.59 Å². The van der Waals surface area contributed by atoms with Gasteiger partial charge in [0.1, 0.15) is 10.7 Å². The number of para-hydroxylation sites is 1. The highest BCUT2D eigenvalue weighted by molar-refractivity contribution is 7.17. The number of hydrogen-bond acceptors (Lipinski definition) is 8. The summed E-state index contributed by atoms with van der Waals surface area (Å²) < 4.78 is 3.16. The van der Waals surface area contributed by atoms with Crippen LogP contribution in [0.1, 0.15) is 54.3 Å². The molecule has 0 saturated carbocycles. The Kier molecular flexibility index (Phi) is 7.94. The lowest BCUT2D eigenvalue weighted by Gasteiger charge is -2.19. The first-order valence-electron chi connectivity index (χ1n) is 11.9. The van der Waals surface area contributed by atoms with Crippen molar-refractivity contribution in [2.24, 2.45) is 7.05 Å². The molecule has 1 amide bonds. The second kappa shape index (κ2) is 11.5.